The summed E-state index contributed by atoms with van der Waals surface area (Å²) in [6, 6.07) is 8.93. The van der Waals surface area contributed by atoms with Gasteiger partial charge in [-0.25, -0.2) is 0 Å². The minimum absolute atomic E-state index is 0.0236. The quantitative estimate of drug-likeness (QED) is 0.497. The number of hydrogen-bond donors (Lipinski definition) is 4. The van der Waals surface area contributed by atoms with Crippen LogP contribution in [-0.2, 0) is 4.74 Å². The van der Waals surface area contributed by atoms with Gasteiger partial charge in [0.05, 0.1) is 33.4 Å². The lowest BCUT2D eigenvalue weighted by molar-refractivity contribution is -0.277. The summed E-state index contributed by atoms with van der Waals surface area (Å²) in [5.41, 5.74) is 1.80. The molecule has 7 atom stereocenters. The molecule has 3 heterocycles. The van der Waals surface area contributed by atoms with E-state index in [4.69, 9.17) is 28.4 Å². The molecular weight excluding hydrogens is 436 g/mol. The van der Waals surface area contributed by atoms with Gasteiger partial charge in [-0.1, -0.05) is 6.07 Å². The number of aliphatic hydroxyl groups excluding tert-OH is 4. The largest absolute Gasteiger partial charge is 0.493 e. The second-order valence-electron chi connectivity index (χ2n) is 8.19. The second-order valence-corrected chi connectivity index (χ2v) is 8.19. The molecule has 10 nitrogen and oxygen atoms in total. The van der Waals surface area contributed by atoms with Crippen LogP contribution >= 0.6 is 0 Å². The van der Waals surface area contributed by atoms with Crippen LogP contribution in [0.4, 0.5) is 0 Å². The van der Waals surface area contributed by atoms with Gasteiger partial charge < -0.3 is 48.8 Å². The van der Waals surface area contributed by atoms with Crippen LogP contribution in [-0.4, -0.2) is 78.6 Å². The Morgan fingerprint density at radius 2 is 1.76 bits per heavy atom. The molecule has 0 spiro atoms. The first-order valence-electron chi connectivity index (χ1n) is 10.6. The highest BCUT2D eigenvalue weighted by molar-refractivity contribution is 5.61. The predicted molar refractivity (Wildman–Crippen MR) is 112 cm³/mol. The average Bonchev–Trinajstić information content (AvgIpc) is 3.22. The Morgan fingerprint density at radius 3 is 2.48 bits per heavy atom. The van der Waals surface area contributed by atoms with Gasteiger partial charge in [-0.05, 0) is 18.2 Å². The van der Waals surface area contributed by atoms with E-state index in [2.05, 4.69) is 0 Å². The van der Waals surface area contributed by atoms with E-state index in [-0.39, 0.29) is 12.0 Å². The van der Waals surface area contributed by atoms with E-state index in [0.717, 1.165) is 11.1 Å². The maximum atomic E-state index is 10.2. The van der Waals surface area contributed by atoms with Gasteiger partial charge in [0, 0.05) is 17.2 Å². The van der Waals surface area contributed by atoms with E-state index in [1.165, 1.54) is 0 Å². The van der Waals surface area contributed by atoms with E-state index >= 15 is 0 Å². The van der Waals surface area contributed by atoms with Gasteiger partial charge >= 0.3 is 0 Å². The number of methoxy groups -OCH3 is 2. The molecule has 3 aliphatic heterocycles. The summed E-state index contributed by atoms with van der Waals surface area (Å²) in [4.78, 5) is 0. The van der Waals surface area contributed by atoms with E-state index in [1.807, 2.05) is 12.1 Å². The highest BCUT2D eigenvalue weighted by Gasteiger charge is 2.46. The molecule has 0 radical (unpaired) electrons. The summed E-state index contributed by atoms with van der Waals surface area (Å²) in [7, 11) is 3.14. The van der Waals surface area contributed by atoms with Gasteiger partial charge in [-0.2, -0.15) is 0 Å². The van der Waals surface area contributed by atoms with Crippen molar-refractivity contribution in [3.05, 3.63) is 41.5 Å². The molecule has 2 aromatic carbocycles. The summed E-state index contributed by atoms with van der Waals surface area (Å²) in [6.45, 7) is -0.156. The highest BCUT2D eigenvalue weighted by atomic mass is 16.7. The smallest absolute Gasteiger partial charge is 0.229 e. The zero-order chi connectivity index (χ0) is 23.3. The van der Waals surface area contributed by atoms with E-state index in [9.17, 15) is 20.4 Å². The molecule has 4 N–H and O–H groups in total. The van der Waals surface area contributed by atoms with Crippen LogP contribution in [0.3, 0.4) is 0 Å². The molecule has 10 heteroatoms. The molecule has 0 aliphatic carbocycles. The fourth-order valence-corrected chi connectivity index (χ4v) is 4.58. The van der Waals surface area contributed by atoms with Gasteiger partial charge in [-0.3, -0.25) is 0 Å². The van der Waals surface area contributed by atoms with Crippen molar-refractivity contribution < 1.29 is 48.8 Å². The van der Waals surface area contributed by atoms with Crippen LogP contribution < -0.4 is 23.7 Å². The molecule has 3 aliphatic rings. The molecule has 0 saturated carbocycles. The number of hydrogen-bond acceptors (Lipinski definition) is 10. The van der Waals surface area contributed by atoms with Crippen LogP contribution in [0.2, 0.25) is 0 Å². The Kier molecular flexibility index (Phi) is 5.71. The fourth-order valence-electron chi connectivity index (χ4n) is 4.58. The zero-order valence-electron chi connectivity index (χ0n) is 18.1. The zero-order valence-corrected chi connectivity index (χ0v) is 18.1. The van der Waals surface area contributed by atoms with Crippen molar-refractivity contribution in [3.8, 4) is 28.7 Å². The summed E-state index contributed by atoms with van der Waals surface area (Å²) >= 11 is 0. The standard InChI is InChI=1S/C23H26O10/c1-28-14-6-5-11-13-9-30-15-7-10(3-4-12(15)20(13)33-21(11)22(14)29-2)31-23-19(27)18(26)17(25)16(8-24)32-23/h3-7,13,16-20,23-27H,8-9H2,1-2H3/t13-,16+,17+,18-,19+,20-,23-/m0/s1. The Labute approximate surface area is 189 Å². The normalized spacial score (nSPS) is 32.0. The van der Waals surface area contributed by atoms with Crippen molar-refractivity contribution in [2.24, 2.45) is 0 Å². The molecule has 0 aromatic heterocycles. The first-order valence-corrected chi connectivity index (χ1v) is 10.6. The predicted octanol–water partition coefficient (Wildman–Crippen LogP) is 0.492. The number of fused-ring (bicyclic) bond motifs is 5. The summed E-state index contributed by atoms with van der Waals surface area (Å²) < 4.78 is 34.3. The molecule has 178 valence electrons. The molecule has 1 fully saturated rings. The molecule has 0 amide bonds. The first-order chi connectivity index (χ1) is 16.0. The second kappa shape index (κ2) is 8.54. The number of rotatable bonds is 5. The SMILES string of the molecule is COc1ccc2c(c1OC)O[C@H]1c3ccc(O[C@H]4O[C@H](CO)[C@@H](O)[C@H](O)[C@H]4O)cc3OC[C@@H]21. The fraction of sp³-hybridized carbons (Fsp3) is 0.478. The van der Waals surface area contributed by atoms with Crippen LogP contribution in [0.1, 0.15) is 23.1 Å². The Hall–Kier alpha value is -2.76. The maximum Gasteiger partial charge on any atom is 0.229 e. The molecule has 2 aromatic rings. The highest BCUT2D eigenvalue weighted by Crippen LogP contribution is 2.56. The molecular formula is C23H26O10. The van der Waals surface area contributed by atoms with Gasteiger partial charge in [0.15, 0.2) is 11.5 Å². The van der Waals surface area contributed by atoms with Crippen molar-refractivity contribution in [1.29, 1.82) is 0 Å². The lowest BCUT2D eigenvalue weighted by atomic mass is 9.89. The van der Waals surface area contributed by atoms with Gasteiger partial charge in [0.2, 0.25) is 12.0 Å². The lowest BCUT2D eigenvalue weighted by Gasteiger charge is -2.39. The number of ether oxygens (including phenoxy) is 6. The first kappa shape index (κ1) is 22.1. The molecule has 1 saturated heterocycles. The van der Waals surface area contributed by atoms with E-state index in [0.29, 0.717) is 35.4 Å². The van der Waals surface area contributed by atoms with Crippen LogP contribution in [0.25, 0.3) is 0 Å². The summed E-state index contributed by atoms with van der Waals surface area (Å²) in [5, 5.41) is 39.5. The van der Waals surface area contributed by atoms with Crippen LogP contribution in [0, 0.1) is 0 Å². The van der Waals surface area contributed by atoms with Crippen molar-refractivity contribution in [1.82, 2.24) is 0 Å². The lowest BCUT2D eigenvalue weighted by Crippen LogP contribution is -2.60. The number of aliphatic hydroxyl groups is 4. The number of benzene rings is 2. The van der Waals surface area contributed by atoms with Gasteiger partial charge in [0.25, 0.3) is 0 Å². The van der Waals surface area contributed by atoms with Crippen molar-refractivity contribution >= 4 is 0 Å². The van der Waals surface area contributed by atoms with Crippen LogP contribution in [0.15, 0.2) is 30.3 Å². The van der Waals surface area contributed by atoms with Crippen molar-refractivity contribution in [2.75, 3.05) is 27.4 Å². The minimum Gasteiger partial charge on any atom is -0.493 e. The van der Waals surface area contributed by atoms with Gasteiger partial charge in [0.1, 0.15) is 42.0 Å². The molecule has 5 rings (SSSR count). The average molecular weight is 462 g/mol. The minimum atomic E-state index is -1.52. The third-order valence-corrected chi connectivity index (χ3v) is 6.35. The van der Waals surface area contributed by atoms with Crippen LogP contribution in [0.5, 0.6) is 28.7 Å². The maximum absolute atomic E-state index is 10.2. The third kappa shape index (κ3) is 3.54. The topological polar surface area (TPSA) is 136 Å². The summed E-state index contributed by atoms with van der Waals surface area (Å²) in [5.74, 6) is 2.60. The summed E-state index contributed by atoms with van der Waals surface area (Å²) in [6.07, 6.45) is -7.09. The van der Waals surface area contributed by atoms with Crippen molar-refractivity contribution in [3.63, 3.8) is 0 Å². The third-order valence-electron chi connectivity index (χ3n) is 6.35. The monoisotopic (exact) mass is 462 g/mol. The Balaban J connectivity index is 1.38. The Bertz CT molecular complexity index is 1020. The van der Waals surface area contributed by atoms with Crippen molar-refractivity contribution in [2.45, 2.75) is 42.7 Å². The molecule has 0 bridgehead atoms. The molecule has 33 heavy (non-hydrogen) atoms. The Morgan fingerprint density at radius 1 is 0.970 bits per heavy atom. The molecule has 0 unspecified atom stereocenters. The van der Waals surface area contributed by atoms with Gasteiger partial charge in [-0.15, -0.1) is 0 Å². The van der Waals surface area contributed by atoms with E-state index in [1.54, 1.807) is 32.4 Å². The van der Waals surface area contributed by atoms with E-state index < -0.39 is 37.3 Å².